The lowest BCUT2D eigenvalue weighted by Crippen LogP contribution is -2.16. The Balaban J connectivity index is 1.67. The molecule has 2 aromatic rings. The average Bonchev–Trinajstić information content (AvgIpc) is 3.06. The van der Waals surface area contributed by atoms with Crippen LogP contribution in [0.15, 0.2) is 28.9 Å². The van der Waals surface area contributed by atoms with Crippen LogP contribution < -0.4 is 10.1 Å². The van der Waals surface area contributed by atoms with E-state index in [0.717, 1.165) is 42.9 Å². The number of nitrogens with one attached hydrogen (secondary N) is 1. The van der Waals surface area contributed by atoms with Gasteiger partial charge in [-0.1, -0.05) is 15.9 Å². The summed E-state index contributed by atoms with van der Waals surface area (Å²) in [6.45, 7) is 5.41. The summed E-state index contributed by atoms with van der Waals surface area (Å²) in [5.74, 6) is 1.06. The maximum Gasteiger partial charge on any atom is 0.127 e. The van der Waals surface area contributed by atoms with E-state index in [1.165, 1.54) is 16.8 Å². The van der Waals surface area contributed by atoms with Crippen LogP contribution in [-0.4, -0.2) is 16.4 Å². The van der Waals surface area contributed by atoms with Gasteiger partial charge in [-0.2, -0.15) is 5.10 Å². The van der Waals surface area contributed by atoms with Crippen LogP contribution in [0, 0.1) is 0 Å². The maximum absolute atomic E-state index is 5.74. The van der Waals surface area contributed by atoms with Crippen LogP contribution in [0.3, 0.4) is 0 Å². The van der Waals surface area contributed by atoms with E-state index in [-0.39, 0.29) is 0 Å². The Morgan fingerprint density at radius 1 is 1.40 bits per heavy atom. The summed E-state index contributed by atoms with van der Waals surface area (Å²) < 4.78 is 8.87. The van der Waals surface area contributed by atoms with Crippen LogP contribution in [-0.2, 0) is 26.1 Å². The zero-order valence-corrected chi connectivity index (χ0v) is 13.1. The lowest BCUT2D eigenvalue weighted by Gasteiger charge is -2.11. The minimum Gasteiger partial charge on any atom is -0.493 e. The first kappa shape index (κ1) is 13.6. The van der Waals surface area contributed by atoms with E-state index in [0.29, 0.717) is 0 Å². The second-order valence-corrected chi connectivity index (χ2v) is 5.81. The Morgan fingerprint density at radius 2 is 2.30 bits per heavy atom. The molecule has 0 saturated carbocycles. The molecule has 0 bridgehead atoms. The van der Waals surface area contributed by atoms with Crippen LogP contribution in [0.2, 0.25) is 0 Å². The van der Waals surface area contributed by atoms with Gasteiger partial charge in [0, 0.05) is 42.3 Å². The van der Waals surface area contributed by atoms with Gasteiger partial charge < -0.3 is 10.1 Å². The molecule has 20 heavy (non-hydrogen) atoms. The molecular formula is C15H18BrN3O. The molecule has 4 nitrogen and oxygen atoms in total. The fraction of sp³-hybridized carbons (Fsp3) is 0.400. The van der Waals surface area contributed by atoms with E-state index in [1.807, 2.05) is 10.9 Å². The van der Waals surface area contributed by atoms with E-state index in [9.17, 15) is 0 Å². The van der Waals surface area contributed by atoms with Crippen molar-refractivity contribution >= 4 is 15.9 Å². The van der Waals surface area contributed by atoms with Gasteiger partial charge in [-0.15, -0.1) is 0 Å². The van der Waals surface area contributed by atoms with Crippen molar-refractivity contribution in [2.75, 3.05) is 6.61 Å². The predicted octanol–water partition coefficient (Wildman–Crippen LogP) is 2.89. The molecule has 0 fully saturated rings. The molecule has 0 aliphatic carbocycles. The molecule has 0 atom stereocenters. The summed E-state index contributed by atoms with van der Waals surface area (Å²) in [5, 5.41) is 7.75. The van der Waals surface area contributed by atoms with Crippen molar-refractivity contribution in [2.45, 2.75) is 33.0 Å². The smallest absolute Gasteiger partial charge is 0.127 e. The first-order chi connectivity index (χ1) is 9.78. The van der Waals surface area contributed by atoms with Gasteiger partial charge in [0.2, 0.25) is 0 Å². The van der Waals surface area contributed by atoms with Gasteiger partial charge in [-0.3, -0.25) is 4.68 Å². The maximum atomic E-state index is 5.74. The van der Waals surface area contributed by atoms with Crippen molar-refractivity contribution in [3.05, 3.63) is 45.7 Å². The number of fused-ring (bicyclic) bond motifs is 1. The lowest BCUT2D eigenvalue weighted by molar-refractivity contribution is 0.352. The molecule has 2 heterocycles. The Hall–Kier alpha value is -1.33. The highest BCUT2D eigenvalue weighted by Crippen LogP contribution is 2.32. The second kappa shape index (κ2) is 5.97. The molecule has 1 N–H and O–H groups in total. The Bertz CT molecular complexity index is 609. The van der Waals surface area contributed by atoms with E-state index in [2.05, 4.69) is 51.5 Å². The molecular weight excluding hydrogens is 318 g/mol. The summed E-state index contributed by atoms with van der Waals surface area (Å²) in [6, 6.07) is 6.34. The van der Waals surface area contributed by atoms with Gasteiger partial charge in [0.1, 0.15) is 5.75 Å². The van der Waals surface area contributed by atoms with Gasteiger partial charge in [-0.25, -0.2) is 0 Å². The quantitative estimate of drug-likeness (QED) is 0.913. The number of nitrogens with zero attached hydrogens (tertiary/aromatic N) is 2. The van der Waals surface area contributed by atoms with Crippen LogP contribution >= 0.6 is 15.9 Å². The largest absolute Gasteiger partial charge is 0.493 e. The molecule has 0 radical (unpaired) electrons. The van der Waals surface area contributed by atoms with Gasteiger partial charge in [0.25, 0.3) is 0 Å². The number of aromatic nitrogens is 2. The van der Waals surface area contributed by atoms with Crippen molar-refractivity contribution in [2.24, 2.45) is 0 Å². The molecule has 0 amide bonds. The SMILES string of the molecule is CCn1nccc1CNCc1cc(Br)cc2c1OCC2. The molecule has 106 valence electrons. The molecule has 5 heteroatoms. The Labute approximate surface area is 127 Å². The number of hydrogen-bond donors (Lipinski definition) is 1. The molecule has 0 unspecified atom stereocenters. The van der Waals surface area contributed by atoms with Gasteiger partial charge in [-0.05, 0) is 30.7 Å². The predicted molar refractivity (Wildman–Crippen MR) is 81.8 cm³/mol. The normalized spacial score (nSPS) is 13.3. The highest BCUT2D eigenvalue weighted by Gasteiger charge is 2.17. The number of rotatable bonds is 5. The summed E-state index contributed by atoms with van der Waals surface area (Å²) in [4.78, 5) is 0. The summed E-state index contributed by atoms with van der Waals surface area (Å²) in [6.07, 6.45) is 2.85. The molecule has 1 aromatic heterocycles. The molecule has 1 aliphatic rings. The third kappa shape index (κ3) is 2.74. The Morgan fingerprint density at radius 3 is 3.15 bits per heavy atom. The average molecular weight is 336 g/mol. The minimum atomic E-state index is 0.793. The minimum absolute atomic E-state index is 0.793. The molecule has 1 aliphatic heterocycles. The number of halogens is 1. The summed E-state index contributed by atoms with van der Waals surface area (Å²) in [7, 11) is 0. The monoisotopic (exact) mass is 335 g/mol. The topological polar surface area (TPSA) is 39.1 Å². The number of hydrogen-bond acceptors (Lipinski definition) is 3. The fourth-order valence-corrected chi connectivity index (χ4v) is 3.15. The highest BCUT2D eigenvalue weighted by molar-refractivity contribution is 9.10. The molecule has 0 spiro atoms. The third-order valence-corrected chi connectivity index (χ3v) is 4.01. The van der Waals surface area contributed by atoms with Crippen LogP contribution in [0.4, 0.5) is 0 Å². The summed E-state index contributed by atoms with van der Waals surface area (Å²) >= 11 is 3.57. The van der Waals surface area contributed by atoms with Crippen molar-refractivity contribution in [3.63, 3.8) is 0 Å². The van der Waals surface area contributed by atoms with E-state index < -0.39 is 0 Å². The van der Waals surface area contributed by atoms with E-state index in [1.54, 1.807) is 0 Å². The lowest BCUT2D eigenvalue weighted by atomic mass is 10.1. The highest BCUT2D eigenvalue weighted by atomic mass is 79.9. The van der Waals surface area contributed by atoms with Gasteiger partial charge in [0.15, 0.2) is 0 Å². The Kier molecular flexibility index (Phi) is 4.08. The number of aryl methyl sites for hydroxylation is 1. The number of benzene rings is 1. The van der Waals surface area contributed by atoms with Crippen molar-refractivity contribution in [3.8, 4) is 5.75 Å². The van der Waals surface area contributed by atoms with Crippen molar-refractivity contribution in [1.29, 1.82) is 0 Å². The second-order valence-electron chi connectivity index (χ2n) is 4.89. The van der Waals surface area contributed by atoms with E-state index in [4.69, 9.17) is 4.74 Å². The van der Waals surface area contributed by atoms with Crippen LogP contribution in [0.25, 0.3) is 0 Å². The standard InChI is InChI=1S/C15H18BrN3O/c1-2-19-14(3-5-18-19)10-17-9-12-8-13(16)7-11-4-6-20-15(11)12/h3,5,7-8,17H,2,4,6,9-10H2,1H3. The van der Waals surface area contributed by atoms with E-state index >= 15 is 0 Å². The first-order valence-corrected chi connectivity index (χ1v) is 7.72. The van der Waals surface area contributed by atoms with Crippen LogP contribution in [0.1, 0.15) is 23.7 Å². The molecule has 0 saturated heterocycles. The zero-order valence-electron chi connectivity index (χ0n) is 11.5. The van der Waals surface area contributed by atoms with Crippen LogP contribution in [0.5, 0.6) is 5.75 Å². The van der Waals surface area contributed by atoms with Gasteiger partial charge >= 0.3 is 0 Å². The fourth-order valence-electron chi connectivity index (χ4n) is 2.60. The molecule has 3 rings (SSSR count). The van der Waals surface area contributed by atoms with Crippen molar-refractivity contribution < 1.29 is 4.74 Å². The van der Waals surface area contributed by atoms with Crippen molar-refractivity contribution in [1.82, 2.24) is 15.1 Å². The van der Waals surface area contributed by atoms with Gasteiger partial charge in [0.05, 0.1) is 12.3 Å². The molecule has 1 aromatic carbocycles. The zero-order chi connectivity index (χ0) is 13.9. The summed E-state index contributed by atoms with van der Waals surface area (Å²) in [5.41, 5.74) is 3.73. The third-order valence-electron chi connectivity index (χ3n) is 3.55. The first-order valence-electron chi connectivity index (χ1n) is 6.93. The number of ether oxygens (including phenoxy) is 1.